The molecule has 1 aromatic carbocycles. The Kier molecular flexibility index (Phi) is 6.75. The van der Waals surface area contributed by atoms with Crippen molar-refractivity contribution in [2.24, 2.45) is 4.99 Å². The molecule has 0 radical (unpaired) electrons. The highest BCUT2D eigenvalue weighted by Crippen LogP contribution is 2.23. The normalized spacial score (nSPS) is 11.3. The summed E-state index contributed by atoms with van der Waals surface area (Å²) in [5, 5.41) is 18.5. The summed E-state index contributed by atoms with van der Waals surface area (Å²) < 4.78 is 5.09. The molecule has 0 aliphatic rings. The minimum atomic E-state index is 0.256. The number of nitrogens with one attached hydrogen (secondary N) is 2. The van der Waals surface area contributed by atoms with E-state index in [2.05, 4.69) is 27.1 Å². The Morgan fingerprint density at radius 2 is 2.17 bits per heavy atom. The Morgan fingerprint density at radius 1 is 1.30 bits per heavy atom. The Balaban J connectivity index is 1.87. The number of rotatable bonds is 7. The van der Waals surface area contributed by atoms with Crippen molar-refractivity contribution in [2.75, 3.05) is 20.2 Å². The molecule has 0 saturated carbocycles. The van der Waals surface area contributed by atoms with Crippen LogP contribution in [-0.2, 0) is 13.0 Å². The zero-order chi connectivity index (χ0) is 16.5. The number of benzene rings is 1. The molecule has 1 heterocycles. The van der Waals surface area contributed by atoms with Crippen LogP contribution in [0.4, 0.5) is 0 Å². The molecule has 0 saturated heterocycles. The maximum Gasteiger partial charge on any atom is 0.191 e. The number of aliphatic imine (C=N–C) groups is 1. The fraction of sp³-hybridized carbons (Fsp3) is 0.353. The first kappa shape index (κ1) is 17.1. The van der Waals surface area contributed by atoms with Crippen molar-refractivity contribution in [3.05, 3.63) is 46.2 Å². The Labute approximate surface area is 141 Å². The highest BCUT2D eigenvalue weighted by atomic mass is 32.1. The Morgan fingerprint density at radius 3 is 2.83 bits per heavy atom. The van der Waals surface area contributed by atoms with Crippen molar-refractivity contribution in [1.82, 2.24) is 10.6 Å². The molecule has 0 bridgehead atoms. The van der Waals surface area contributed by atoms with Gasteiger partial charge in [0.2, 0.25) is 0 Å². The highest BCUT2D eigenvalue weighted by molar-refractivity contribution is 7.09. The van der Waals surface area contributed by atoms with Crippen LogP contribution < -0.4 is 15.4 Å². The molecule has 0 unspecified atom stereocenters. The second kappa shape index (κ2) is 9.05. The number of hydrogen-bond donors (Lipinski definition) is 3. The molecular weight excluding hydrogens is 310 g/mol. The number of phenols is 1. The van der Waals surface area contributed by atoms with Crippen LogP contribution >= 0.6 is 11.3 Å². The van der Waals surface area contributed by atoms with Crippen molar-refractivity contribution < 1.29 is 9.84 Å². The summed E-state index contributed by atoms with van der Waals surface area (Å²) in [6.07, 6.45) is 0.708. The number of aromatic hydroxyl groups is 1. The van der Waals surface area contributed by atoms with Gasteiger partial charge in [-0.05, 0) is 36.4 Å². The molecule has 0 spiro atoms. The molecular formula is C17H23N3O2S. The van der Waals surface area contributed by atoms with Gasteiger partial charge in [-0.2, -0.15) is 0 Å². The molecule has 0 fully saturated rings. The lowest BCUT2D eigenvalue weighted by atomic mass is 10.1. The second-order valence-electron chi connectivity index (χ2n) is 4.95. The number of guanidine groups is 1. The number of thiophene rings is 1. The third kappa shape index (κ3) is 5.49. The van der Waals surface area contributed by atoms with E-state index in [0.717, 1.165) is 18.1 Å². The number of hydrogen-bond acceptors (Lipinski definition) is 4. The molecule has 124 valence electrons. The van der Waals surface area contributed by atoms with Gasteiger partial charge in [-0.25, -0.2) is 4.99 Å². The first-order chi connectivity index (χ1) is 11.2. The molecule has 5 nitrogen and oxygen atoms in total. The second-order valence-corrected chi connectivity index (χ2v) is 5.98. The predicted octanol–water partition coefficient (Wildman–Crippen LogP) is 2.76. The van der Waals surface area contributed by atoms with Crippen LogP contribution in [0.3, 0.4) is 0 Å². The zero-order valence-corrected chi connectivity index (χ0v) is 14.3. The number of methoxy groups -OCH3 is 1. The zero-order valence-electron chi connectivity index (χ0n) is 13.5. The lowest BCUT2D eigenvalue weighted by molar-refractivity contribution is 0.406. The summed E-state index contributed by atoms with van der Waals surface area (Å²) in [5.41, 5.74) is 0.882. The summed E-state index contributed by atoms with van der Waals surface area (Å²) in [5.74, 6) is 1.70. The van der Waals surface area contributed by atoms with Gasteiger partial charge in [0.25, 0.3) is 0 Å². The fourth-order valence-corrected chi connectivity index (χ4v) is 2.73. The van der Waals surface area contributed by atoms with Crippen LogP contribution in [0, 0.1) is 0 Å². The van der Waals surface area contributed by atoms with Crippen molar-refractivity contribution >= 4 is 17.3 Å². The van der Waals surface area contributed by atoms with Gasteiger partial charge >= 0.3 is 0 Å². The maximum absolute atomic E-state index is 9.97. The Bertz CT molecular complexity index is 627. The van der Waals surface area contributed by atoms with E-state index in [-0.39, 0.29) is 5.75 Å². The molecule has 1 aromatic heterocycles. The van der Waals surface area contributed by atoms with Crippen LogP contribution in [0.2, 0.25) is 0 Å². The van der Waals surface area contributed by atoms with Crippen molar-refractivity contribution in [2.45, 2.75) is 19.9 Å². The summed E-state index contributed by atoms with van der Waals surface area (Å²) >= 11 is 1.70. The molecule has 0 aliphatic heterocycles. The van der Waals surface area contributed by atoms with Crippen LogP contribution in [0.25, 0.3) is 0 Å². The smallest absolute Gasteiger partial charge is 0.191 e. The Hall–Kier alpha value is -2.21. The quantitative estimate of drug-likeness (QED) is 0.538. The van der Waals surface area contributed by atoms with E-state index < -0.39 is 0 Å². The third-order valence-corrected chi connectivity index (χ3v) is 4.16. The van der Waals surface area contributed by atoms with Gasteiger partial charge < -0.3 is 20.5 Å². The summed E-state index contributed by atoms with van der Waals surface area (Å²) in [7, 11) is 1.59. The van der Waals surface area contributed by atoms with Gasteiger partial charge in [-0.15, -0.1) is 11.3 Å². The average molecular weight is 333 g/mol. The number of phenolic OH excluding ortho intramolecular Hbond substituents is 1. The highest BCUT2D eigenvalue weighted by Gasteiger charge is 2.04. The van der Waals surface area contributed by atoms with Gasteiger partial charge in [0.1, 0.15) is 11.5 Å². The SMILES string of the molecule is CCNC(=NCc1cccs1)NCCc1ccc(OC)cc1O. The molecule has 6 heteroatoms. The van der Waals surface area contributed by atoms with Gasteiger partial charge in [0.15, 0.2) is 5.96 Å². The minimum Gasteiger partial charge on any atom is -0.508 e. The third-order valence-electron chi connectivity index (χ3n) is 3.30. The van der Waals surface area contributed by atoms with Gasteiger partial charge in [-0.1, -0.05) is 12.1 Å². The number of nitrogens with zero attached hydrogens (tertiary/aromatic N) is 1. The summed E-state index contributed by atoms with van der Waals surface area (Å²) in [4.78, 5) is 5.79. The molecule has 0 atom stereocenters. The van der Waals surface area contributed by atoms with Gasteiger partial charge in [0, 0.05) is 24.0 Å². The van der Waals surface area contributed by atoms with Crippen LogP contribution in [0.5, 0.6) is 11.5 Å². The minimum absolute atomic E-state index is 0.256. The van der Waals surface area contributed by atoms with E-state index in [0.29, 0.717) is 25.3 Å². The van der Waals surface area contributed by atoms with Crippen LogP contribution in [-0.4, -0.2) is 31.3 Å². The lowest BCUT2D eigenvalue weighted by Gasteiger charge is -2.12. The van der Waals surface area contributed by atoms with E-state index in [1.807, 2.05) is 25.1 Å². The molecule has 0 aliphatic carbocycles. The van der Waals surface area contributed by atoms with Crippen LogP contribution in [0.15, 0.2) is 40.7 Å². The van der Waals surface area contributed by atoms with E-state index >= 15 is 0 Å². The maximum atomic E-state index is 9.97. The van der Waals surface area contributed by atoms with Gasteiger partial charge in [0.05, 0.1) is 13.7 Å². The first-order valence-corrected chi connectivity index (χ1v) is 8.51. The van der Waals surface area contributed by atoms with E-state index in [9.17, 15) is 5.11 Å². The monoisotopic (exact) mass is 333 g/mol. The van der Waals surface area contributed by atoms with Gasteiger partial charge in [-0.3, -0.25) is 0 Å². The summed E-state index contributed by atoms with van der Waals surface area (Å²) in [6.45, 7) is 4.21. The van der Waals surface area contributed by atoms with E-state index in [1.165, 1.54) is 4.88 Å². The van der Waals surface area contributed by atoms with Crippen molar-refractivity contribution in [1.29, 1.82) is 0 Å². The van der Waals surface area contributed by atoms with Crippen molar-refractivity contribution in [3.8, 4) is 11.5 Å². The first-order valence-electron chi connectivity index (χ1n) is 7.63. The topological polar surface area (TPSA) is 65.9 Å². The largest absolute Gasteiger partial charge is 0.508 e. The lowest BCUT2D eigenvalue weighted by Crippen LogP contribution is -2.38. The molecule has 2 aromatic rings. The van der Waals surface area contributed by atoms with E-state index in [1.54, 1.807) is 24.5 Å². The van der Waals surface area contributed by atoms with E-state index in [4.69, 9.17) is 4.74 Å². The molecule has 3 N–H and O–H groups in total. The standard InChI is InChI=1S/C17H23N3O2S/c1-3-18-17(20-12-15-5-4-10-23-15)19-9-8-13-6-7-14(22-2)11-16(13)21/h4-7,10-11,21H,3,8-9,12H2,1-2H3,(H2,18,19,20). The fourth-order valence-electron chi connectivity index (χ4n) is 2.10. The van der Waals surface area contributed by atoms with Crippen LogP contribution in [0.1, 0.15) is 17.4 Å². The number of ether oxygens (including phenoxy) is 1. The summed E-state index contributed by atoms with van der Waals surface area (Å²) in [6, 6.07) is 9.47. The molecule has 2 rings (SSSR count). The van der Waals surface area contributed by atoms with Crippen molar-refractivity contribution in [3.63, 3.8) is 0 Å². The molecule has 23 heavy (non-hydrogen) atoms. The molecule has 0 amide bonds. The predicted molar refractivity (Wildman–Crippen MR) is 95.5 cm³/mol. The average Bonchev–Trinajstić information content (AvgIpc) is 3.07.